The normalized spacial score (nSPS) is 18.1. The number of hydrogen-bond acceptors (Lipinski definition) is 8. The molecule has 4 amide bonds. The summed E-state index contributed by atoms with van der Waals surface area (Å²) in [7, 11) is 2.41. The van der Waals surface area contributed by atoms with E-state index in [1.165, 1.54) is 0 Å². The minimum atomic E-state index is -0.872. The molecule has 260 valence electrons. The maximum absolute atomic E-state index is 14.3. The Hall–Kier alpha value is -2.68. The number of para-hydroxylation sites is 1. The monoisotopic (exact) mass is 728 g/mol. The fraction of sp³-hybridized carbons (Fsp3) is 0.324. The predicted molar refractivity (Wildman–Crippen MR) is 181 cm³/mol. The molecule has 0 spiro atoms. The van der Waals surface area contributed by atoms with Crippen molar-refractivity contribution < 1.29 is 105 Å². The van der Waals surface area contributed by atoms with E-state index in [2.05, 4.69) is 11.9 Å². The summed E-state index contributed by atoms with van der Waals surface area (Å²) in [4.78, 5) is 56.3. The van der Waals surface area contributed by atoms with E-state index in [1.54, 1.807) is 65.3 Å². The van der Waals surface area contributed by atoms with Crippen LogP contribution in [0.3, 0.4) is 0 Å². The number of benzene rings is 3. The molecule has 0 aromatic heterocycles. The van der Waals surface area contributed by atoms with E-state index < -0.39 is 27.3 Å². The van der Waals surface area contributed by atoms with Crippen LogP contribution in [-0.4, -0.2) is 87.4 Å². The molecule has 50 heavy (non-hydrogen) atoms. The maximum atomic E-state index is 14.3. The second-order valence-corrected chi connectivity index (χ2v) is 11.5. The zero-order valence-corrected chi connectivity index (χ0v) is 33.9. The summed E-state index contributed by atoms with van der Waals surface area (Å²) >= 11 is 0. The third-order valence-electron chi connectivity index (χ3n) is 8.37. The Bertz CT molecular complexity index is 1560. The zero-order valence-electron chi connectivity index (χ0n) is 29.9. The maximum Gasteiger partial charge on any atom is 1.00 e. The van der Waals surface area contributed by atoms with Crippen LogP contribution in [0, 0.1) is 0 Å². The average molecular weight is 729 g/mol. The van der Waals surface area contributed by atoms with Crippen molar-refractivity contribution >= 4 is 26.9 Å². The quantitative estimate of drug-likeness (QED) is 0.115. The molecule has 2 aliphatic heterocycles. The number of hydrogen-bond donors (Lipinski definition) is 2. The van der Waals surface area contributed by atoms with Crippen LogP contribution in [0.2, 0.25) is 0 Å². The first-order valence-corrected chi connectivity index (χ1v) is 15.9. The smallest absolute Gasteiger partial charge is 1.00 e. The standard InChI is InChI=1S/C34H39N4O7P.2Na.2H2O.H/c1-4-9-26-19-31(39)38-28(18-23-14-16-27(17-15-23)45-46-42)33(40)36(21-25-12-8-13-29(43-2)32(25)44-3)22-30(38)37(26)34(41)35-20-24-10-6-5-7-11-24;;;;;/h4-8,10-17,26,28,30,42,46H,1,9,18-22H2,2-3H3,(H,35,41);;;2*1H2;/q;2*+1;;;-1/p-1/t26-,28+,30-;;;;;/m1...../s1. The Balaban J connectivity index is 0.00000500. The Morgan fingerprint density at radius 1 is 1.02 bits per heavy atom. The van der Waals surface area contributed by atoms with Gasteiger partial charge < -0.3 is 46.4 Å². The van der Waals surface area contributed by atoms with Crippen molar-refractivity contribution in [3.8, 4) is 17.2 Å². The van der Waals surface area contributed by atoms with E-state index in [4.69, 9.17) is 18.9 Å². The second-order valence-electron chi connectivity index (χ2n) is 11.1. The van der Waals surface area contributed by atoms with Gasteiger partial charge in [-0.1, -0.05) is 60.7 Å². The SMILES string of the molecule is C=CC[C@@H]1CC(=O)N2[C@H](CN(Cc3cccc(OC)c3OC)C(=O)[C@@H]2Cc2ccc(OPO)cc2)N1C(=O)NCc1ccccc1.O.[H-].[Na+].[Na+].[OH-]. The molecule has 2 aliphatic rings. The number of methoxy groups -OCH3 is 2. The summed E-state index contributed by atoms with van der Waals surface area (Å²) in [5.74, 6) is 1.11. The molecule has 2 fully saturated rings. The van der Waals surface area contributed by atoms with Gasteiger partial charge in [-0.25, -0.2) is 4.79 Å². The molecule has 2 heterocycles. The summed E-state index contributed by atoms with van der Waals surface area (Å²) in [5, 5.41) is 3.04. The van der Waals surface area contributed by atoms with Crippen LogP contribution in [0.15, 0.2) is 85.5 Å². The van der Waals surface area contributed by atoms with Crippen LogP contribution in [0.25, 0.3) is 0 Å². The van der Waals surface area contributed by atoms with Crippen molar-refractivity contribution in [3.05, 3.63) is 102 Å². The first-order valence-electron chi connectivity index (χ1n) is 15.0. The number of rotatable bonds is 12. The van der Waals surface area contributed by atoms with Crippen molar-refractivity contribution in [2.75, 3.05) is 20.8 Å². The largest absolute Gasteiger partial charge is 1.00 e. The van der Waals surface area contributed by atoms with Gasteiger partial charge in [0.15, 0.2) is 11.5 Å². The molecule has 0 radical (unpaired) electrons. The van der Waals surface area contributed by atoms with Crippen LogP contribution in [-0.2, 0) is 29.1 Å². The number of carbonyl (C=O) groups is 3. The molecule has 5 N–H and O–H groups in total. The summed E-state index contributed by atoms with van der Waals surface area (Å²) in [5.41, 5.74) is 2.48. The molecule has 0 bridgehead atoms. The third-order valence-corrected chi connectivity index (χ3v) is 8.70. The molecule has 3 aromatic carbocycles. The topological polar surface area (TPSA) is 182 Å². The van der Waals surface area contributed by atoms with E-state index in [0.29, 0.717) is 30.2 Å². The fourth-order valence-electron chi connectivity index (χ4n) is 6.26. The number of fused-ring (bicyclic) bond motifs is 1. The van der Waals surface area contributed by atoms with Gasteiger partial charge in [0, 0.05) is 37.5 Å². The molecule has 13 nitrogen and oxygen atoms in total. The van der Waals surface area contributed by atoms with Gasteiger partial charge in [-0.2, -0.15) is 0 Å². The van der Waals surface area contributed by atoms with Gasteiger partial charge in [-0.05, 0) is 35.7 Å². The Morgan fingerprint density at radius 3 is 2.34 bits per heavy atom. The van der Waals surface area contributed by atoms with E-state index in [9.17, 15) is 14.4 Å². The Morgan fingerprint density at radius 2 is 1.72 bits per heavy atom. The van der Waals surface area contributed by atoms with Gasteiger partial charge in [-0.15, -0.1) is 6.58 Å². The Labute approximate surface area is 339 Å². The number of amides is 4. The molecule has 16 heteroatoms. The number of urea groups is 1. The first kappa shape index (κ1) is 45.3. The van der Waals surface area contributed by atoms with Crippen molar-refractivity contribution in [1.29, 1.82) is 0 Å². The second kappa shape index (κ2) is 21.6. The predicted octanol–water partition coefficient (Wildman–Crippen LogP) is -2.63. The van der Waals surface area contributed by atoms with Crippen LogP contribution in [0.1, 0.15) is 31.0 Å². The first-order chi connectivity index (χ1) is 22.4. The van der Waals surface area contributed by atoms with Crippen LogP contribution >= 0.6 is 9.03 Å². The number of ether oxygens (including phenoxy) is 2. The zero-order chi connectivity index (χ0) is 32.6. The molecular formula is C34H43N4Na2O9P. The van der Waals surface area contributed by atoms with E-state index in [-0.39, 0.29) is 115 Å². The average Bonchev–Trinajstić information content (AvgIpc) is 3.07. The van der Waals surface area contributed by atoms with Crippen LogP contribution in [0.5, 0.6) is 17.2 Å². The van der Waals surface area contributed by atoms with Crippen molar-refractivity contribution in [1.82, 2.24) is 20.0 Å². The van der Waals surface area contributed by atoms with Gasteiger partial charge in [-0.3, -0.25) is 14.5 Å². The Kier molecular flexibility index (Phi) is 19.6. The van der Waals surface area contributed by atoms with Gasteiger partial charge in [0.1, 0.15) is 18.0 Å². The van der Waals surface area contributed by atoms with Gasteiger partial charge in [0.05, 0.1) is 20.8 Å². The minimum Gasteiger partial charge on any atom is -1.00 e. The summed E-state index contributed by atoms with van der Waals surface area (Å²) < 4.78 is 16.3. The fourth-order valence-corrected chi connectivity index (χ4v) is 6.50. The van der Waals surface area contributed by atoms with Gasteiger partial charge in [0.2, 0.25) is 20.8 Å². The summed E-state index contributed by atoms with van der Waals surface area (Å²) in [6.07, 6.45) is 1.70. The van der Waals surface area contributed by atoms with Gasteiger partial charge in [0.25, 0.3) is 0 Å². The molecule has 2 saturated heterocycles. The van der Waals surface area contributed by atoms with Crippen molar-refractivity contribution in [2.45, 2.75) is 50.6 Å². The molecule has 0 aliphatic carbocycles. The van der Waals surface area contributed by atoms with E-state index in [0.717, 1.165) is 16.7 Å². The molecule has 3 aromatic rings. The summed E-state index contributed by atoms with van der Waals surface area (Å²) in [6, 6.07) is 20.5. The molecule has 4 atom stereocenters. The molecule has 5 rings (SSSR count). The van der Waals surface area contributed by atoms with Gasteiger partial charge >= 0.3 is 65.1 Å². The molecular weight excluding hydrogens is 685 g/mol. The van der Waals surface area contributed by atoms with Crippen LogP contribution < -0.4 is 78.4 Å². The minimum absolute atomic E-state index is 0. The number of carbonyl (C=O) groups excluding carboxylic acids is 3. The van der Waals surface area contributed by atoms with Crippen LogP contribution in [0.4, 0.5) is 4.79 Å². The molecule has 1 unspecified atom stereocenters. The number of nitrogens with one attached hydrogen (secondary N) is 1. The molecule has 0 saturated carbocycles. The van der Waals surface area contributed by atoms with Crippen molar-refractivity contribution in [3.63, 3.8) is 0 Å². The van der Waals surface area contributed by atoms with E-state index in [1.807, 2.05) is 42.5 Å². The number of nitrogens with zero attached hydrogens (tertiary/aromatic N) is 3. The third kappa shape index (κ3) is 10.4. The summed E-state index contributed by atoms with van der Waals surface area (Å²) in [6.45, 7) is 4.49. The number of piperazine rings is 1. The van der Waals surface area contributed by atoms with Crippen molar-refractivity contribution in [2.24, 2.45) is 0 Å². The van der Waals surface area contributed by atoms with E-state index >= 15 is 0 Å².